The molecule has 0 saturated carbocycles. The summed E-state index contributed by atoms with van der Waals surface area (Å²) in [7, 11) is 0. The number of thiophene rings is 1. The smallest absolute Gasteiger partial charge is 0.237 e. The van der Waals surface area contributed by atoms with Gasteiger partial charge in [0.15, 0.2) is 0 Å². The molecule has 6 heteroatoms. The molecule has 0 spiro atoms. The highest BCUT2D eigenvalue weighted by Gasteiger charge is 2.34. The van der Waals surface area contributed by atoms with Gasteiger partial charge in [-0.2, -0.15) is 0 Å². The van der Waals surface area contributed by atoms with Crippen molar-refractivity contribution < 1.29 is 9.59 Å². The third-order valence-electron chi connectivity index (χ3n) is 6.08. The molecule has 0 bridgehead atoms. The maximum absolute atomic E-state index is 12.9. The number of benzene rings is 1. The molecule has 2 aromatic rings. The van der Waals surface area contributed by atoms with Crippen molar-refractivity contribution in [1.29, 1.82) is 0 Å². The molecule has 1 unspecified atom stereocenters. The lowest BCUT2D eigenvalue weighted by Gasteiger charge is -2.37. The van der Waals surface area contributed by atoms with Crippen LogP contribution in [0.5, 0.6) is 0 Å². The van der Waals surface area contributed by atoms with Crippen LogP contribution < -0.4 is 5.32 Å². The van der Waals surface area contributed by atoms with Gasteiger partial charge in [-0.25, -0.2) is 0 Å². The van der Waals surface area contributed by atoms with Gasteiger partial charge in [0.25, 0.3) is 0 Å². The van der Waals surface area contributed by atoms with Crippen LogP contribution >= 0.6 is 11.3 Å². The minimum absolute atomic E-state index is 0.0138. The summed E-state index contributed by atoms with van der Waals surface area (Å²) in [6.07, 6.45) is 3.44. The first kappa shape index (κ1) is 20.1. The van der Waals surface area contributed by atoms with E-state index in [9.17, 15) is 9.59 Å². The monoisotopic (exact) mass is 411 g/mol. The molecule has 4 rings (SSSR count). The molecule has 0 aliphatic carbocycles. The first-order chi connectivity index (χ1) is 14.2. The van der Waals surface area contributed by atoms with Crippen molar-refractivity contribution in [3.05, 3.63) is 58.3 Å². The Morgan fingerprint density at radius 2 is 1.86 bits per heavy atom. The van der Waals surface area contributed by atoms with Gasteiger partial charge in [-0.1, -0.05) is 36.4 Å². The standard InChI is InChI=1S/C23H29N3O2S/c27-22(25-11-8-19(9-12-25)15-18-5-2-1-3-6-18)16-21-23(28)24-10-13-26(21)17-20-7-4-14-29-20/h1-7,14,19,21H,8-13,15-17H2,(H,24,28). The minimum Gasteiger partial charge on any atom is -0.353 e. The van der Waals surface area contributed by atoms with Crippen molar-refractivity contribution in [3.8, 4) is 0 Å². The highest BCUT2D eigenvalue weighted by atomic mass is 32.1. The Kier molecular flexibility index (Phi) is 6.62. The normalized spacial score (nSPS) is 21.2. The quantitative estimate of drug-likeness (QED) is 0.795. The molecule has 154 valence electrons. The number of rotatable bonds is 6. The van der Waals surface area contributed by atoms with Crippen LogP contribution in [-0.4, -0.2) is 53.8 Å². The molecule has 29 heavy (non-hydrogen) atoms. The highest BCUT2D eigenvalue weighted by molar-refractivity contribution is 7.09. The third-order valence-corrected chi connectivity index (χ3v) is 6.94. The zero-order chi connectivity index (χ0) is 20.1. The van der Waals surface area contributed by atoms with E-state index in [1.807, 2.05) is 17.0 Å². The number of hydrogen-bond acceptors (Lipinski definition) is 4. The average molecular weight is 412 g/mol. The molecule has 1 atom stereocenters. The number of piperidine rings is 1. The topological polar surface area (TPSA) is 52.7 Å². The van der Waals surface area contributed by atoms with E-state index < -0.39 is 0 Å². The second-order valence-corrected chi connectivity index (χ2v) is 9.11. The molecular weight excluding hydrogens is 382 g/mol. The fourth-order valence-electron chi connectivity index (χ4n) is 4.40. The minimum atomic E-state index is -0.361. The Balaban J connectivity index is 1.30. The van der Waals surface area contributed by atoms with E-state index in [0.29, 0.717) is 12.5 Å². The number of likely N-dealkylation sites (tertiary alicyclic amines) is 1. The lowest BCUT2D eigenvalue weighted by atomic mass is 9.90. The van der Waals surface area contributed by atoms with E-state index in [-0.39, 0.29) is 24.3 Å². The van der Waals surface area contributed by atoms with Gasteiger partial charge in [-0.3, -0.25) is 14.5 Å². The van der Waals surface area contributed by atoms with Gasteiger partial charge in [0.05, 0.1) is 12.5 Å². The van der Waals surface area contributed by atoms with Crippen molar-refractivity contribution >= 4 is 23.2 Å². The van der Waals surface area contributed by atoms with Gasteiger partial charge >= 0.3 is 0 Å². The van der Waals surface area contributed by atoms with Crippen LogP contribution in [0.1, 0.15) is 29.7 Å². The summed E-state index contributed by atoms with van der Waals surface area (Å²) < 4.78 is 0. The molecule has 2 saturated heterocycles. The summed E-state index contributed by atoms with van der Waals surface area (Å²) in [6.45, 7) is 3.79. The van der Waals surface area contributed by atoms with Crippen molar-refractivity contribution in [2.24, 2.45) is 5.92 Å². The summed E-state index contributed by atoms with van der Waals surface area (Å²) in [6, 6.07) is 14.4. The van der Waals surface area contributed by atoms with Crippen LogP contribution in [0.3, 0.4) is 0 Å². The molecule has 1 N–H and O–H groups in total. The number of carbonyl (C=O) groups is 2. The van der Waals surface area contributed by atoms with E-state index in [4.69, 9.17) is 0 Å². The molecule has 5 nitrogen and oxygen atoms in total. The van der Waals surface area contributed by atoms with E-state index in [1.165, 1.54) is 10.4 Å². The van der Waals surface area contributed by atoms with Gasteiger partial charge in [0.2, 0.25) is 11.8 Å². The lowest BCUT2D eigenvalue weighted by molar-refractivity contribution is -0.140. The van der Waals surface area contributed by atoms with Crippen LogP contribution in [0.4, 0.5) is 0 Å². The number of hydrogen-bond donors (Lipinski definition) is 1. The predicted octanol–water partition coefficient (Wildman–Crippen LogP) is 2.92. The zero-order valence-corrected chi connectivity index (χ0v) is 17.6. The fourth-order valence-corrected chi connectivity index (χ4v) is 5.13. The van der Waals surface area contributed by atoms with Crippen LogP contribution in [0.2, 0.25) is 0 Å². The Hall–Kier alpha value is -2.18. The predicted molar refractivity (Wildman–Crippen MR) is 116 cm³/mol. The van der Waals surface area contributed by atoms with Crippen LogP contribution in [0, 0.1) is 5.92 Å². The molecule has 2 amide bonds. The van der Waals surface area contributed by atoms with Crippen LogP contribution in [0.15, 0.2) is 47.8 Å². The Labute approximate surface area is 176 Å². The second kappa shape index (κ2) is 9.55. The molecule has 3 heterocycles. The molecule has 2 fully saturated rings. The van der Waals surface area contributed by atoms with Gasteiger partial charge in [-0.15, -0.1) is 11.3 Å². The van der Waals surface area contributed by atoms with E-state index in [2.05, 4.69) is 45.9 Å². The summed E-state index contributed by atoms with van der Waals surface area (Å²) in [5, 5.41) is 4.99. The molecule has 1 aromatic carbocycles. The first-order valence-electron chi connectivity index (χ1n) is 10.5. The summed E-state index contributed by atoms with van der Waals surface area (Å²) >= 11 is 1.70. The maximum Gasteiger partial charge on any atom is 0.237 e. The third kappa shape index (κ3) is 5.25. The maximum atomic E-state index is 12.9. The number of piperazine rings is 1. The van der Waals surface area contributed by atoms with Crippen molar-refractivity contribution in [3.63, 3.8) is 0 Å². The van der Waals surface area contributed by atoms with Crippen LogP contribution in [-0.2, 0) is 22.6 Å². The summed E-state index contributed by atoms with van der Waals surface area (Å²) in [5.41, 5.74) is 1.38. The Morgan fingerprint density at radius 3 is 2.59 bits per heavy atom. The van der Waals surface area contributed by atoms with E-state index in [0.717, 1.165) is 45.4 Å². The summed E-state index contributed by atoms with van der Waals surface area (Å²) in [5.74, 6) is 0.733. The van der Waals surface area contributed by atoms with Crippen molar-refractivity contribution in [2.45, 2.75) is 38.3 Å². The average Bonchev–Trinajstić information content (AvgIpc) is 3.25. The van der Waals surface area contributed by atoms with E-state index >= 15 is 0 Å². The SMILES string of the molecule is O=C1NCCN(Cc2cccs2)C1CC(=O)N1CCC(Cc2ccccc2)CC1. The Bertz CT molecular complexity index is 801. The van der Waals surface area contributed by atoms with Gasteiger partial charge < -0.3 is 10.2 Å². The van der Waals surface area contributed by atoms with Gasteiger partial charge in [0.1, 0.15) is 0 Å². The highest BCUT2D eigenvalue weighted by Crippen LogP contribution is 2.23. The van der Waals surface area contributed by atoms with Gasteiger partial charge in [0, 0.05) is 37.6 Å². The summed E-state index contributed by atoms with van der Waals surface area (Å²) in [4.78, 5) is 30.8. The number of carbonyl (C=O) groups excluding carboxylic acids is 2. The molecule has 1 aromatic heterocycles. The molecular formula is C23H29N3O2S. The lowest BCUT2D eigenvalue weighted by Crippen LogP contribution is -2.56. The van der Waals surface area contributed by atoms with Gasteiger partial charge in [-0.05, 0) is 42.2 Å². The molecule has 2 aliphatic heterocycles. The van der Waals surface area contributed by atoms with Crippen molar-refractivity contribution in [2.75, 3.05) is 26.2 Å². The number of nitrogens with one attached hydrogen (secondary N) is 1. The van der Waals surface area contributed by atoms with Crippen molar-refractivity contribution in [1.82, 2.24) is 15.1 Å². The first-order valence-corrected chi connectivity index (χ1v) is 11.4. The molecule has 0 radical (unpaired) electrons. The number of amides is 2. The second-order valence-electron chi connectivity index (χ2n) is 8.07. The molecule has 2 aliphatic rings. The fraction of sp³-hybridized carbons (Fsp3) is 0.478. The number of nitrogens with zero attached hydrogens (tertiary/aromatic N) is 2. The van der Waals surface area contributed by atoms with Crippen LogP contribution in [0.25, 0.3) is 0 Å². The van der Waals surface area contributed by atoms with E-state index in [1.54, 1.807) is 11.3 Å². The Morgan fingerprint density at radius 1 is 1.07 bits per heavy atom. The zero-order valence-electron chi connectivity index (χ0n) is 16.8. The largest absolute Gasteiger partial charge is 0.353 e.